The second-order valence-corrected chi connectivity index (χ2v) is 4.42. The van der Waals surface area contributed by atoms with Crippen molar-refractivity contribution in [2.24, 2.45) is 0 Å². The van der Waals surface area contributed by atoms with Gasteiger partial charge in [0, 0.05) is 11.3 Å². The topological polar surface area (TPSA) is 75.3 Å². The number of hydrogen-bond acceptors (Lipinski definition) is 3. The van der Waals surface area contributed by atoms with E-state index in [-0.39, 0.29) is 17.0 Å². The molecule has 21 heavy (non-hydrogen) atoms. The van der Waals surface area contributed by atoms with Crippen molar-refractivity contribution in [1.29, 1.82) is 0 Å². The van der Waals surface area contributed by atoms with Crippen molar-refractivity contribution in [3.8, 4) is 5.75 Å². The van der Waals surface area contributed by atoms with Gasteiger partial charge in [-0.2, -0.15) is 0 Å². The smallest absolute Gasteiger partial charge is 0.259 e. The lowest BCUT2D eigenvalue weighted by atomic mass is 9.99. The molecule has 2 aromatic rings. The summed E-state index contributed by atoms with van der Waals surface area (Å²) in [6.07, 6.45) is 3.08. The van der Waals surface area contributed by atoms with Crippen LogP contribution in [0, 0.1) is 0 Å². The second-order valence-electron chi connectivity index (χ2n) is 4.42. The molecule has 4 nitrogen and oxygen atoms in total. The van der Waals surface area contributed by atoms with Gasteiger partial charge in [0.1, 0.15) is 0 Å². The van der Waals surface area contributed by atoms with Crippen molar-refractivity contribution in [2.75, 3.05) is 11.1 Å². The average molecular weight is 280 g/mol. The molecule has 0 radical (unpaired) electrons. The summed E-state index contributed by atoms with van der Waals surface area (Å²) in [7, 11) is 0. The number of nitrogen functional groups attached to an aromatic ring is 1. The number of hydrogen-bond donors (Lipinski definition) is 3. The van der Waals surface area contributed by atoms with E-state index in [1.54, 1.807) is 30.3 Å². The van der Waals surface area contributed by atoms with E-state index in [1.807, 2.05) is 6.07 Å². The molecule has 2 rings (SSSR count). The van der Waals surface area contributed by atoms with Crippen LogP contribution in [0.2, 0.25) is 0 Å². The summed E-state index contributed by atoms with van der Waals surface area (Å²) in [6.45, 7) is 7.32. The maximum atomic E-state index is 12.3. The molecular weight excluding hydrogens is 264 g/mol. The first kappa shape index (κ1) is 14.4. The summed E-state index contributed by atoms with van der Waals surface area (Å²) in [5.74, 6) is -0.701. The van der Waals surface area contributed by atoms with Gasteiger partial charge in [0.25, 0.3) is 5.91 Å². The molecule has 0 heterocycles. The zero-order chi connectivity index (χ0) is 15.4. The minimum absolute atomic E-state index is 0.0943. The zero-order valence-electron chi connectivity index (χ0n) is 11.5. The Kier molecular flexibility index (Phi) is 4.09. The van der Waals surface area contributed by atoms with Gasteiger partial charge in [-0.15, -0.1) is 0 Å². The molecule has 0 aliphatic rings. The first-order valence-electron chi connectivity index (χ1n) is 6.35. The number of anilines is 2. The molecule has 0 aliphatic heterocycles. The molecule has 0 aromatic heterocycles. The first-order chi connectivity index (χ1) is 10.1. The first-order valence-corrected chi connectivity index (χ1v) is 6.35. The molecule has 4 heteroatoms. The molecule has 0 unspecified atom stereocenters. The third-order valence-electron chi connectivity index (χ3n) is 3.11. The van der Waals surface area contributed by atoms with E-state index >= 15 is 0 Å². The fourth-order valence-electron chi connectivity index (χ4n) is 2.02. The summed E-state index contributed by atoms with van der Waals surface area (Å²) >= 11 is 0. The molecule has 0 spiro atoms. The van der Waals surface area contributed by atoms with E-state index in [0.717, 1.165) is 0 Å². The maximum Gasteiger partial charge on any atom is 0.259 e. The molecular formula is C17H16N2O2. The number of carbonyl (C=O) groups is 1. The number of phenolic OH excluding ortho intramolecular Hbond substituents is 1. The van der Waals surface area contributed by atoms with Gasteiger partial charge in [0.15, 0.2) is 5.75 Å². The molecule has 2 aromatic carbocycles. The van der Waals surface area contributed by atoms with Crippen LogP contribution in [-0.2, 0) is 0 Å². The fourth-order valence-corrected chi connectivity index (χ4v) is 2.02. The van der Waals surface area contributed by atoms with Crippen LogP contribution < -0.4 is 11.1 Å². The van der Waals surface area contributed by atoms with Gasteiger partial charge in [0.2, 0.25) is 0 Å². The quantitative estimate of drug-likeness (QED) is 0.592. The highest BCUT2D eigenvalue weighted by Crippen LogP contribution is 2.33. The van der Waals surface area contributed by atoms with Crippen molar-refractivity contribution in [1.82, 2.24) is 0 Å². The predicted molar refractivity (Wildman–Crippen MR) is 87.1 cm³/mol. The number of amides is 1. The Hall–Kier alpha value is -3.01. The summed E-state index contributed by atoms with van der Waals surface area (Å²) in [5.41, 5.74) is 7.88. The number of benzene rings is 2. The largest absolute Gasteiger partial charge is 0.505 e. The van der Waals surface area contributed by atoms with Crippen molar-refractivity contribution >= 4 is 29.4 Å². The van der Waals surface area contributed by atoms with Crippen LogP contribution in [0.5, 0.6) is 5.75 Å². The van der Waals surface area contributed by atoms with Crippen molar-refractivity contribution in [3.63, 3.8) is 0 Å². The molecule has 1 amide bonds. The van der Waals surface area contributed by atoms with Crippen LogP contribution in [0.3, 0.4) is 0 Å². The Morgan fingerprint density at radius 1 is 1.19 bits per heavy atom. The van der Waals surface area contributed by atoms with Crippen LogP contribution in [0.4, 0.5) is 11.4 Å². The van der Waals surface area contributed by atoms with Gasteiger partial charge in [-0.25, -0.2) is 0 Å². The standard InChI is InChI=1S/C17H16N2O2/c1-3-11-10-14(16(20)15(18)13(11)4-2)17(21)19-12-8-6-5-7-9-12/h3-10,20H,1-2,18H2,(H,19,21). The molecule has 0 aliphatic carbocycles. The predicted octanol–water partition coefficient (Wildman–Crippen LogP) is 3.51. The Morgan fingerprint density at radius 2 is 1.86 bits per heavy atom. The van der Waals surface area contributed by atoms with E-state index in [2.05, 4.69) is 18.5 Å². The third-order valence-corrected chi connectivity index (χ3v) is 3.11. The summed E-state index contributed by atoms with van der Waals surface area (Å²) in [5, 5.41) is 12.8. The van der Waals surface area contributed by atoms with E-state index < -0.39 is 5.91 Å². The van der Waals surface area contributed by atoms with Crippen LogP contribution >= 0.6 is 0 Å². The zero-order valence-corrected chi connectivity index (χ0v) is 11.5. The number of phenols is 1. The summed E-state index contributed by atoms with van der Waals surface area (Å²) < 4.78 is 0. The number of nitrogens with one attached hydrogen (secondary N) is 1. The number of rotatable bonds is 4. The van der Waals surface area contributed by atoms with Gasteiger partial charge < -0.3 is 16.2 Å². The fraction of sp³-hybridized carbons (Fsp3) is 0. The maximum absolute atomic E-state index is 12.3. The SMILES string of the molecule is C=Cc1cc(C(=O)Nc2ccccc2)c(O)c(N)c1C=C. The number of carbonyl (C=O) groups excluding carboxylic acids is 1. The van der Waals surface area contributed by atoms with Crippen molar-refractivity contribution in [2.45, 2.75) is 0 Å². The van der Waals surface area contributed by atoms with Gasteiger partial charge >= 0.3 is 0 Å². The van der Waals surface area contributed by atoms with E-state index in [1.165, 1.54) is 12.1 Å². The highest BCUT2D eigenvalue weighted by molar-refractivity contribution is 6.08. The highest BCUT2D eigenvalue weighted by atomic mass is 16.3. The number of nitrogens with two attached hydrogens (primary N) is 1. The van der Waals surface area contributed by atoms with Gasteiger partial charge in [-0.1, -0.05) is 43.5 Å². The number of para-hydroxylation sites is 1. The number of aromatic hydroxyl groups is 1. The van der Waals surface area contributed by atoms with Crippen LogP contribution in [0.25, 0.3) is 12.2 Å². The average Bonchev–Trinajstić information content (AvgIpc) is 2.50. The lowest BCUT2D eigenvalue weighted by molar-refractivity contribution is 0.102. The Morgan fingerprint density at radius 3 is 2.43 bits per heavy atom. The van der Waals surface area contributed by atoms with Crippen molar-refractivity contribution in [3.05, 3.63) is 66.2 Å². The van der Waals surface area contributed by atoms with Gasteiger partial charge in [-0.3, -0.25) is 4.79 Å². The van der Waals surface area contributed by atoms with Gasteiger partial charge in [0.05, 0.1) is 11.3 Å². The minimum Gasteiger partial charge on any atom is -0.505 e. The van der Waals surface area contributed by atoms with Crippen LogP contribution in [-0.4, -0.2) is 11.0 Å². The molecule has 0 saturated heterocycles. The highest BCUT2D eigenvalue weighted by Gasteiger charge is 2.18. The van der Waals surface area contributed by atoms with E-state index in [4.69, 9.17) is 5.73 Å². The lowest BCUT2D eigenvalue weighted by Crippen LogP contribution is -2.13. The molecule has 4 N–H and O–H groups in total. The summed E-state index contributed by atoms with van der Waals surface area (Å²) in [4.78, 5) is 12.3. The van der Waals surface area contributed by atoms with Gasteiger partial charge in [-0.05, 0) is 23.8 Å². The monoisotopic (exact) mass is 280 g/mol. The van der Waals surface area contributed by atoms with E-state index in [0.29, 0.717) is 16.8 Å². The lowest BCUT2D eigenvalue weighted by Gasteiger charge is -2.13. The summed E-state index contributed by atoms with van der Waals surface area (Å²) in [6, 6.07) is 10.5. The van der Waals surface area contributed by atoms with Crippen molar-refractivity contribution < 1.29 is 9.90 Å². The molecule has 106 valence electrons. The molecule has 0 saturated carbocycles. The molecule has 0 fully saturated rings. The van der Waals surface area contributed by atoms with E-state index in [9.17, 15) is 9.90 Å². The Labute approximate surface area is 123 Å². The Balaban J connectivity index is 2.44. The Bertz CT molecular complexity index is 706. The molecule has 0 atom stereocenters. The third kappa shape index (κ3) is 2.79. The van der Waals surface area contributed by atoms with Crippen LogP contribution in [0.15, 0.2) is 49.6 Å². The normalized spacial score (nSPS) is 9.90. The van der Waals surface area contributed by atoms with Crippen LogP contribution in [0.1, 0.15) is 21.5 Å². The second kappa shape index (κ2) is 5.96. The molecule has 0 bridgehead atoms. The minimum atomic E-state index is -0.441.